The zero-order chi connectivity index (χ0) is 20.3. The quantitative estimate of drug-likeness (QED) is 0.330. The Morgan fingerprint density at radius 1 is 0.714 bits per heavy atom. The number of ether oxygens (including phenoxy) is 1. The summed E-state index contributed by atoms with van der Waals surface area (Å²) in [6.07, 6.45) is 0. The van der Waals surface area contributed by atoms with Gasteiger partial charge in [-0.3, -0.25) is 0 Å². The molecule has 0 saturated carbocycles. The average Bonchev–Trinajstić information content (AvgIpc) is 2.68. The lowest BCUT2D eigenvalue weighted by atomic mass is 9.80. The molecule has 0 saturated heterocycles. The largest absolute Gasteiger partial charge is 0.441 e. The van der Waals surface area contributed by atoms with Crippen LogP contribution in [0.1, 0.15) is 23.6 Å². The topological polar surface area (TPSA) is 26.3 Å². The van der Waals surface area contributed by atoms with Crippen LogP contribution in [-0.4, -0.2) is 5.97 Å². The molecular formula is C23H17F3O2. The number of hydrogen-bond donors (Lipinski definition) is 0. The van der Waals surface area contributed by atoms with Crippen LogP contribution in [0.3, 0.4) is 0 Å². The molecule has 0 N–H and O–H groups in total. The molecule has 5 heteroatoms. The number of carbonyl (C=O) groups is 1. The van der Waals surface area contributed by atoms with Crippen molar-refractivity contribution in [3.8, 4) is 0 Å². The minimum Gasteiger partial charge on any atom is -0.441 e. The van der Waals surface area contributed by atoms with Gasteiger partial charge in [0, 0.05) is 22.3 Å². The SMILES string of the molecule is C=C(C)C(=O)OC(c1ccc(F)cc1)(c1ccc(F)cc1)c1ccc(F)cc1. The summed E-state index contributed by atoms with van der Waals surface area (Å²) in [4.78, 5) is 12.5. The molecule has 3 rings (SSSR count). The maximum atomic E-state index is 13.6. The first-order chi connectivity index (χ1) is 13.3. The molecule has 2 nitrogen and oxygen atoms in total. The normalized spacial score (nSPS) is 11.1. The van der Waals surface area contributed by atoms with E-state index >= 15 is 0 Å². The molecular weight excluding hydrogens is 365 g/mol. The second kappa shape index (κ2) is 7.72. The van der Waals surface area contributed by atoms with Crippen LogP contribution in [0.25, 0.3) is 0 Å². The van der Waals surface area contributed by atoms with E-state index in [1.165, 1.54) is 79.7 Å². The molecule has 142 valence electrons. The molecule has 0 bridgehead atoms. The summed E-state index contributed by atoms with van der Waals surface area (Å²) >= 11 is 0. The third-order valence-electron chi connectivity index (χ3n) is 4.35. The molecule has 0 unspecified atom stereocenters. The molecule has 3 aromatic rings. The van der Waals surface area contributed by atoms with Gasteiger partial charge >= 0.3 is 5.97 Å². The molecule has 3 aromatic carbocycles. The summed E-state index contributed by atoms with van der Waals surface area (Å²) in [6, 6.07) is 16.2. The Morgan fingerprint density at radius 3 is 1.25 bits per heavy atom. The van der Waals surface area contributed by atoms with E-state index < -0.39 is 29.0 Å². The molecule has 0 aromatic heterocycles. The van der Waals surface area contributed by atoms with E-state index in [0.29, 0.717) is 16.7 Å². The number of carbonyl (C=O) groups excluding carboxylic acids is 1. The summed E-state index contributed by atoms with van der Waals surface area (Å²) in [5.74, 6) is -2.11. The first-order valence-electron chi connectivity index (χ1n) is 8.50. The highest BCUT2D eigenvalue weighted by Crippen LogP contribution is 2.41. The summed E-state index contributed by atoms with van der Waals surface area (Å²) in [7, 11) is 0. The molecule has 0 fully saturated rings. The van der Waals surface area contributed by atoms with Crippen molar-refractivity contribution in [3.05, 3.63) is 119 Å². The lowest BCUT2D eigenvalue weighted by Crippen LogP contribution is -2.35. The van der Waals surface area contributed by atoms with Crippen molar-refractivity contribution < 1.29 is 22.7 Å². The van der Waals surface area contributed by atoms with Crippen LogP contribution in [0.15, 0.2) is 84.9 Å². The van der Waals surface area contributed by atoms with Gasteiger partial charge in [0.1, 0.15) is 17.5 Å². The van der Waals surface area contributed by atoms with Crippen LogP contribution in [0.2, 0.25) is 0 Å². The Hall–Kier alpha value is -3.34. The fourth-order valence-corrected chi connectivity index (χ4v) is 2.96. The number of esters is 1. The zero-order valence-electron chi connectivity index (χ0n) is 15.1. The fraction of sp³-hybridized carbons (Fsp3) is 0.0870. The van der Waals surface area contributed by atoms with E-state index in [9.17, 15) is 18.0 Å². The smallest absolute Gasteiger partial charge is 0.334 e. The van der Waals surface area contributed by atoms with Crippen LogP contribution in [0, 0.1) is 17.5 Å². The molecule has 0 radical (unpaired) electrons. The monoisotopic (exact) mass is 382 g/mol. The third kappa shape index (κ3) is 3.69. The molecule has 0 amide bonds. The summed E-state index contributed by atoms with van der Waals surface area (Å²) in [6.45, 7) is 5.10. The van der Waals surface area contributed by atoms with E-state index in [4.69, 9.17) is 4.74 Å². The predicted molar refractivity (Wildman–Crippen MR) is 100.0 cm³/mol. The van der Waals surface area contributed by atoms with Gasteiger partial charge in [-0.25, -0.2) is 18.0 Å². The first-order valence-corrected chi connectivity index (χ1v) is 8.50. The van der Waals surface area contributed by atoms with Crippen molar-refractivity contribution in [1.82, 2.24) is 0 Å². The number of rotatable bonds is 5. The Bertz CT molecular complexity index is 881. The standard InChI is InChI=1S/C23H17F3O2/c1-15(2)22(27)28-23(16-3-9-19(24)10-4-16,17-5-11-20(25)12-6-17)18-7-13-21(26)14-8-18/h3-14H,1H2,2H3. The van der Waals surface area contributed by atoms with E-state index in [0.717, 1.165) is 0 Å². The van der Waals surface area contributed by atoms with E-state index in [2.05, 4.69) is 6.58 Å². The minimum atomic E-state index is -1.55. The third-order valence-corrected chi connectivity index (χ3v) is 4.35. The van der Waals surface area contributed by atoms with Crippen molar-refractivity contribution in [3.63, 3.8) is 0 Å². The van der Waals surface area contributed by atoms with Gasteiger partial charge in [-0.15, -0.1) is 0 Å². The predicted octanol–water partition coefficient (Wildman–Crippen LogP) is 5.52. The van der Waals surface area contributed by atoms with Crippen LogP contribution < -0.4 is 0 Å². The maximum Gasteiger partial charge on any atom is 0.334 e. The zero-order valence-corrected chi connectivity index (χ0v) is 15.1. The van der Waals surface area contributed by atoms with Gasteiger partial charge < -0.3 is 4.74 Å². The van der Waals surface area contributed by atoms with Crippen LogP contribution in [0.4, 0.5) is 13.2 Å². The summed E-state index contributed by atoms with van der Waals surface area (Å²) in [5, 5.41) is 0. The molecule has 0 aliphatic rings. The van der Waals surface area contributed by atoms with Crippen molar-refractivity contribution in [2.24, 2.45) is 0 Å². The van der Waals surface area contributed by atoms with Crippen LogP contribution in [0.5, 0.6) is 0 Å². The molecule has 0 aliphatic heterocycles. The number of hydrogen-bond acceptors (Lipinski definition) is 2. The molecule has 0 aliphatic carbocycles. The van der Waals surface area contributed by atoms with E-state index in [1.54, 1.807) is 0 Å². The van der Waals surface area contributed by atoms with Crippen LogP contribution >= 0.6 is 0 Å². The van der Waals surface area contributed by atoms with Gasteiger partial charge in [0.25, 0.3) is 0 Å². The molecule has 0 spiro atoms. The highest BCUT2D eigenvalue weighted by atomic mass is 19.1. The maximum absolute atomic E-state index is 13.6. The van der Waals surface area contributed by atoms with Gasteiger partial charge in [0.05, 0.1) is 0 Å². The van der Waals surface area contributed by atoms with Crippen molar-refractivity contribution in [1.29, 1.82) is 0 Å². The molecule has 28 heavy (non-hydrogen) atoms. The highest BCUT2D eigenvalue weighted by Gasteiger charge is 2.41. The van der Waals surface area contributed by atoms with Gasteiger partial charge in [-0.05, 0) is 43.3 Å². The van der Waals surface area contributed by atoms with Crippen molar-refractivity contribution in [2.75, 3.05) is 0 Å². The lowest BCUT2D eigenvalue weighted by molar-refractivity contribution is -0.148. The Morgan fingerprint density at radius 2 is 1.00 bits per heavy atom. The van der Waals surface area contributed by atoms with Crippen molar-refractivity contribution in [2.45, 2.75) is 12.5 Å². The van der Waals surface area contributed by atoms with E-state index in [1.807, 2.05) is 0 Å². The second-order valence-electron chi connectivity index (χ2n) is 6.37. The average molecular weight is 382 g/mol. The molecule has 0 heterocycles. The Balaban J connectivity index is 2.34. The van der Waals surface area contributed by atoms with Gasteiger partial charge in [0.2, 0.25) is 0 Å². The second-order valence-corrected chi connectivity index (χ2v) is 6.37. The summed E-state index contributed by atoms with van der Waals surface area (Å²) < 4.78 is 46.5. The summed E-state index contributed by atoms with van der Waals surface area (Å²) in [5.41, 5.74) is -0.147. The fourth-order valence-electron chi connectivity index (χ4n) is 2.96. The lowest BCUT2D eigenvalue weighted by Gasteiger charge is -2.35. The highest BCUT2D eigenvalue weighted by molar-refractivity contribution is 5.88. The number of benzene rings is 3. The number of halogens is 3. The Labute approximate surface area is 160 Å². The van der Waals surface area contributed by atoms with Crippen molar-refractivity contribution >= 4 is 5.97 Å². The van der Waals surface area contributed by atoms with Gasteiger partial charge in [0.15, 0.2) is 5.60 Å². The Kier molecular flexibility index (Phi) is 5.36. The minimum absolute atomic E-state index is 0.149. The molecule has 0 atom stereocenters. The van der Waals surface area contributed by atoms with Crippen LogP contribution in [-0.2, 0) is 15.1 Å². The van der Waals surface area contributed by atoms with E-state index in [-0.39, 0.29) is 5.57 Å². The first kappa shape index (κ1) is 19.4. The van der Waals surface area contributed by atoms with Gasteiger partial charge in [-0.2, -0.15) is 0 Å². The van der Waals surface area contributed by atoms with Gasteiger partial charge in [-0.1, -0.05) is 43.0 Å².